The van der Waals surface area contributed by atoms with Gasteiger partial charge in [0.2, 0.25) is 0 Å². The van der Waals surface area contributed by atoms with Crippen LogP contribution in [0.25, 0.3) is 0 Å². The lowest BCUT2D eigenvalue weighted by Crippen LogP contribution is -2.08. The van der Waals surface area contributed by atoms with Gasteiger partial charge in [0.15, 0.2) is 5.69 Å². The summed E-state index contributed by atoms with van der Waals surface area (Å²) in [4.78, 5) is 0. The zero-order valence-corrected chi connectivity index (χ0v) is 5.96. The molecule has 3 N–H and O–H groups in total. The fraction of sp³-hybridized carbons (Fsp3) is 0.250. The van der Waals surface area contributed by atoms with Gasteiger partial charge in [-0.15, -0.1) is 12.4 Å². The fourth-order valence-corrected chi connectivity index (χ4v) is 0.526. The Bertz CT molecular complexity index is 231. The third-order valence-corrected chi connectivity index (χ3v) is 0.938. The molecule has 7 heteroatoms. The molecule has 0 bridgehead atoms. The van der Waals surface area contributed by atoms with Crippen LogP contribution in [0.2, 0.25) is 0 Å². The SMILES string of the molecule is Cl.Nc1c[nH]nc1C(F)(F)F. The molecular weight excluding hydrogens is 183 g/mol. The van der Waals surface area contributed by atoms with E-state index >= 15 is 0 Å². The molecule has 1 aromatic heterocycles. The second kappa shape index (κ2) is 3.00. The summed E-state index contributed by atoms with van der Waals surface area (Å²) in [6, 6.07) is 0. The van der Waals surface area contributed by atoms with E-state index < -0.39 is 11.9 Å². The highest BCUT2D eigenvalue weighted by atomic mass is 35.5. The largest absolute Gasteiger partial charge is 0.437 e. The van der Waals surface area contributed by atoms with E-state index in [1.54, 1.807) is 0 Å². The number of H-pyrrole nitrogens is 1. The first-order valence-corrected chi connectivity index (χ1v) is 2.38. The zero-order chi connectivity index (χ0) is 7.78. The van der Waals surface area contributed by atoms with E-state index in [-0.39, 0.29) is 18.1 Å². The lowest BCUT2D eigenvalue weighted by molar-refractivity contribution is -0.140. The fourth-order valence-electron chi connectivity index (χ4n) is 0.526. The Morgan fingerprint density at radius 1 is 1.45 bits per heavy atom. The van der Waals surface area contributed by atoms with E-state index in [4.69, 9.17) is 5.73 Å². The van der Waals surface area contributed by atoms with Crippen LogP contribution in [0.1, 0.15) is 5.69 Å². The lowest BCUT2D eigenvalue weighted by Gasteiger charge is -2.00. The van der Waals surface area contributed by atoms with Gasteiger partial charge in [-0.05, 0) is 0 Å². The predicted octanol–water partition coefficient (Wildman–Crippen LogP) is 1.43. The lowest BCUT2D eigenvalue weighted by atomic mass is 10.4. The van der Waals surface area contributed by atoms with Crippen LogP contribution < -0.4 is 5.73 Å². The molecule has 0 saturated carbocycles. The van der Waals surface area contributed by atoms with Gasteiger partial charge in [0.1, 0.15) is 0 Å². The van der Waals surface area contributed by atoms with E-state index in [0.717, 1.165) is 6.20 Å². The Kier molecular flexibility index (Phi) is 2.75. The predicted molar refractivity (Wildman–Crippen MR) is 35.3 cm³/mol. The topological polar surface area (TPSA) is 54.7 Å². The van der Waals surface area contributed by atoms with E-state index in [2.05, 4.69) is 5.10 Å². The maximum absolute atomic E-state index is 11.7. The molecule has 0 unspecified atom stereocenters. The van der Waals surface area contributed by atoms with Crippen LogP contribution in [0.15, 0.2) is 6.20 Å². The first-order chi connectivity index (χ1) is 4.52. The number of nitrogens with zero attached hydrogens (tertiary/aromatic N) is 1. The summed E-state index contributed by atoms with van der Waals surface area (Å²) in [5.41, 5.74) is 3.47. The number of halogens is 4. The van der Waals surface area contributed by atoms with Crippen molar-refractivity contribution in [1.29, 1.82) is 0 Å². The second-order valence-corrected chi connectivity index (χ2v) is 1.69. The van der Waals surface area contributed by atoms with Crippen molar-refractivity contribution in [3.63, 3.8) is 0 Å². The Balaban J connectivity index is 0.000001000. The van der Waals surface area contributed by atoms with Crippen LogP contribution in [0.5, 0.6) is 0 Å². The summed E-state index contributed by atoms with van der Waals surface area (Å²) >= 11 is 0. The van der Waals surface area contributed by atoms with E-state index in [9.17, 15) is 13.2 Å². The first kappa shape index (κ1) is 10.1. The van der Waals surface area contributed by atoms with Crippen molar-refractivity contribution in [2.24, 2.45) is 0 Å². The molecule has 0 aliphatic rings. The number of aromatic nitrogens is 2. The summed E-state index contributed by atoms with van der Waals surface area (Å²) in [5, 5.41) is 4.92. The highest BCUT2D eigenvalue weighted by molar-refractivity contribution is 5.85. The van der Waals surface area contributed by atoms with Crippen molar-refractivity contribution in [3.8, 4) is 0 Å². The van der Waals surface area contributed by atoms with Gasteiger partial charge < -0.3 is 5.73 Å². The Labute approximate surface area is 66.2 Å². The van der Waals surface area contributed by atoms with E-state index in [1.165, 1.54) is 0 Å². The molecule has 1 aromatic rings. The number of nitrogens with one attached hydrogen (secondary N) is 1. The summed E-state index contributed by atoms with van der Waals surface area (Å²) in [6.45, 7) is 0. The second-order valence-electron chi connectivity index (χ2n) is 1.69. The van der Waals surface area contributed by atoms with Crippen LogP contribution in [-0.2, 0) is 6.18 Å². The third kappa shape index (κ3) is 2.01. The summed E-state index contributed by atoms with van der Waals surface area (Å²) < 4.78 is 35.2. The molecular formula is C4H5ClF3N3. The van der Waals surface area contributed by atoms with Crippen LogP contribution in [0, 0.1) is 0 Å². The van der Waals surface area contributed by atoms with E-state index in [0.29, 0.717) is 0 Å². The zero-order valence-electron chi connectivity index (χ0n) is 5.14. The molecule has 0 fully saturated rings. The maximum Gasteiger partial charge on any atom is 0.437 e. The molecule has 0 aliphatic heterocycles. The number of nitrogens with two attached hydrogens (primary N) is 1. The molecule has 3 nitrogen and oxygen atoms in total. The van der Waals surface area contributed by atoms with Gasteiger partial charge in [0.05, 0.1) is 5.69 Å². The number of anilines is 1. The average molecular weight is 188 g/mol. The number of rotatable bonds is 0. The number of aromatic amines is 1. The first-order valence-electron chi connectivity index (χ1n) is 2.38. The number of hydrogen-bond donors (Lipinski definition) is 2. The molecule has 0 spiro atoms. The molecule has 0 saturated heterocycles. The van der Waals surface area contributed by atoms with Gasteiger partial charge in [0.25, 0.3) is 0 Å². The normalized spacial score (nSPS) is 10.8. The minimum Gasteiger partial charge on any atom is -0.396 e. The maximum atomic E-state index is 11.7. The molecule has 11 heavy (non-hydrogen) atoms. The highest BCUT2D eigenvalue weighted by Gasteiger charge is 2.35. The Hall–Kier alpha value is -0.910. The number of nitrogen functional groups attached to an aromatic ring is 1. The quantitative estimate of drug-likeness (QED) is 0.646. The molecule has 0 aliphatic carbocycles. The monoisotopic (exact) mass is 187 g/mol. The molecule has 0 aromatic carbocycles. The Morgan fingerprint density at radius 2 is 2.00 bits per heavy atom. The van der Waals surface area contributed by atoms with Gasteiger partial charge in [-0.2, -0.15) is 18.3 Å². The van der Waals surface area contributed by atoms with Gasteiger partial charge >= 0.3 is 6.18 Å². The molecule has 0 amide bonds. The van der Waals surface area contributed by atoms with Crippen LogP contribution in [0.4, 0.5) is 18.9 Å². The van der Waals surface area contributed by atoms with Gasteiger partial charge in [-0.1, -0.05) is 0 Å². The van der Waals surface area contributed by atoms with Crippen LogP contribution >= 0.6 is 12.4 Å². The number of alkyl halides is 3. The van der Waals surface area contributed by atoms with Crippen molar-refractivity contribution >= 4 is 18.1 Å². The molecule has 1 rings (SSSR count). The summed E-state index contributed by atoms with van der Waals surface area (Å²) in [6.07, 6.45) is -3.47. The van der Waals surface area contributed by atoms with Gasteiger partial charge in [-0.25, -0.2) is 0 Å². The number of hydrogen-bond acceptors (Lipinski definition) is 2. The molecule has 0 atom stereocenters. The average Bonchev–Trinajstić information content (AvgIpc) is 2.11. The highest BCUT2D eigenvalue weighted by Crippen LogP contribution is 2.30. The van der Waals surface area contributed by atoms with Crippen LogP contribution in [-0.4, -0.2) is 10.2 Å². The Morgan fingerprint density at radius 3 is 2.18 bits per heavy atom. The van der Waals surface area contributed by atoms with Crippen molar-refractivity contribution in [1.82, 2.24) is 10.2 Å². The standard InChI is InChI=1S/C4H4F3N3.ClH/c5-4(6,7)3-2(8)1-9-10-3;/h1H,8H2,(H,9,10);1H. The third-order valence-electron chi connectivity index (χ3n) is 0.938. The van der Waals surface area contributed by atoms with Crippen molar-refractivity contribution in [2.75, 3.05) is 5.73 Å². The minimum atomic E-state index is -4.45. The minimum absolute atomic E-state index is 0. The van der Waals surface area contributed by atoms with Crippen molar-refractivity contribution in [2.45, 2.75) is 6.18 Å². The van der Waals surface area contributed by atoms with Crippen LogP contribution in [0.3, 0.4) is 0 Å². The smallest absolute Gasteiger partial charge is 0.396 e. The van der Waals surface area contributed by atoms with Crippen molar-refractivity contribution in [3.05, 3.63) is 11.9 Å². The van der Waals surface area contributed by atoms with Gasteiger partial charge in [0, 0.05) is 6.20 Å². The summed E-state index contributed by atoms with van der Waals surface area (Å²) in [7, 11) is 0. The summed E-state index contributed by atoms with van der Waals surface area (Å²) in [5.74, 6) is 0. The molecule has 0 radical (unpaired) electrons. The van der Waals surface area contributed by atoms with E-state index in [1.807, 2.05) is 5.10 Å². The van der Waals surface area contributed by atoms with Crippen molar-refractivity contribution < 1.29 is 13.2 Å². The van der Waals surface area contributed by atoms with Gasteiger partial charge in [-0.3, -0.25) is 5.10 Å². The molecule has 1 heterocycles. The molecule has 64 valence electrons.